The summed E-state index contributed by atoms with van der Waals surface area (Å²) in [6.45, 7) is 3.39. The molecule has 0 bridgehead atoms. The third kappa shape index (κ3) is 1.36. The Labute approximate surface area is 86.0 Å². The molecular weight excluding hydrogens is 202 g/mol. The Morgan fingerprint density at radius 2 is 2.14 bits per heavy atom. The van der Waals surface area contributed by atoms with Gasteiger partial charge in [0.15, 0.2) is 0 Å². The number of aromatic nitrogens is 3. The largest absolute Gasteiger partial charge is 0.386 e. The molecule has 0 saturated carbocycles. The second-order valence-electron chi connectivity index (χ2n) is 3.65. The van der Waals surface area contributed by atoms with E-state index in [9.17, 15) is 5.11 Å². The van der Waals surface area contributed by atoms with Crippen molar-refractivity contribution < 1.29 is 5.11 Å². The number of fused-ring (bicyclic) bond motifs is 1. The number of hydrogen-bond acceptors (Lipinski definition) is 3. The van der Waals surface area contributed by atoms with Crippen LogP contribution in [0.3, 0.4) is 0 Å². The van der Waals surface area contributed by atoms with Crippen molar-refractivity contribution in [3.63, 3.8) is 0 Å². The Morgan fingerprint density at radius 1 is 1.43 bits per heavy atom. The summed E-state index contributed by atoms with van der Waals surface area (Å²) < 4.78 is 0. The molecule has 2 N–H and O–H groups in total. The van der Waals surface area contributed by atoms with Crippen LogP contribution in [0.15, 0.2) is 12.5 Å². The zero-order valence-electron chi connectivity index (χ0n) is 7.87. The standard InChI is InChI=1S/C9H10ClN3O/c1-9(2,14)5-3-11-8-6(5)7(10)12-4-13-8/h3-4,14H,1-2H3,(H,11,12,13). The lowest BCUT2D eigenvalue weighted by molar-refractivity contribution is 0.0802. The van der Waals surface area contributed by atoms with Crippen LogP contribution in [0, 0.1) is 0 Å². The van der Waals surface area contributed by atoms with Gasteiger partial charge in [-0.15, -0.1) is 0 Å². The van der Waals surface area contributed by atoms with Crippen molar-refractivity contribution in [2.24, 2.45) is 0 Å². The molecule has 0 aliphatic rings. The lowest BCUT2D eigenvalue weighted by atomic mass is 9.99. The predicted octanol–water partition coefficient (Wildman–Crippen LogP) is 1.84. The molecule has 0 aliphatic carbocycles. The van der Waals surface area contributed by atoms with Gasteiger partial charge in [0.05, 0.1) is 11.0 Å². The molecule has 0 spiro atoms. The van der Waals surface area contributed by atoms with Crippen LogP contribution in [-0.4, -0.2) is 20.1 Å². The van der Waals surface area contributed by atoms with E-state index in [1.54, 1.807) is 20.0 Å². The van der Waals surface area contributed by atoms with Gasteiger partial charge < -0.3 is 10.1 Å². The molecule has 0 saturated heterocycles. The Hall–Kier alpha value is -1.13. The number of rotatable bonds is 1. The number of nitrogens with zero attached hydrogens (tertiary/aromatic N) is 2. The summed E-state index contributed by atoms with van der Waals surface area (Å²) in [7, 11) is 0. The fourth-order valence-electron chi connectivity index (χ4n) is 1.41. The number of halogens is 1. The first kappa shape index (κ1) is 9.43. The minimum Gasteiger partial charge on any atom is -0.386 e. The average molecular weight is 212 g/mol. The lowest BCUT2D eigenvalue weighted by Crippen LogP contribution is -2.14. The quantitative estimate of drug-likeness (QED) is 0.708. The number of nitrogens with one attached hydrogen (secondary N) is 1. The highest BCUT2D eigenvalue weighted by Crippen LogP contribution is 2.30. The minimum atomic E-state index is -0.952. The van der Waals surface area contributed by atoms with Gasteiger partial charge >= 0.3 is 0 Å². The molecule has 0 unspecified atom stereocenters. The van der Waals surface area contributed by atoms with Crippen molar-refractivity contribution in [2.45, 2.75) is 19.4 Å². The van der Waals surface area contributed by atoms with Gasteiger partial charge in [-0.05, 0) is 13.8 Å². The molecule has 0 radical (unpaired) electrons. The molecule has 4 nitrogen and oxygen atoms in total. The Morgan fingerprint density at radius 3 is 2.79 bits per heavy atom. The van der Waals surface area contributed by atoms with E-state index >= 15 is 0 Å². The smallest absolute Gasteiger partial charge is 0.142 e. The number of aromatic amines is 1. The highest BCUT2D eigenvalue weighted by molar-refractivity contribution is 6.34. The van der Waals surface area contributed by atoms with Crippen LogP contribution in [-0.2, 0) is 5.60 Å². The van der Waals surface area contributed by atoms with Crippen LogP contribution in [0.2, 0.25) is 5.15 Å². The van der Waals surface area contributed by atoms with Crippen molar-refractivity contribution in [3.8, 4) is 0 Å². The van der Waals surface area contributed by atoms with Crippen LogP contribution in [0.4, 0.5) is 0 Å². The van der Waals surface area contributed by atoms with E-state index in [1.807, 2.05) is 0 Å². The van der Waals surface area contributed by atoms with E-state index < -0.39 is 5.60 Å². The van der Waals surface area contributed by atoms with Gasteiger partial charge in [0.1, 0.15) is 17.1 Å². The Balaban J connectivity index is 2.80. The maximum absolute atomic E-state index is 9.87. The second-order valence-corrected chi connectivity index (χ2v) is 4.01. The van der Waals surface area contributed by atoms with Gasteiger partial charge in [-0.1, -0.05) is 11.6 Å². The van der Waals surface area contributed by atoms with Crippen LogP contribution < -0.4 is 0 Å². The van der Waals surface area contributed by atoms with Crippen LogP contribution in [0.1, 0.15) is 19.4 Å². The maximum Gasteiger partial charge on any atom is 0.142 e. The van der Waals surface area contributed by atoms with Crippen molar-refractivity contribution in [1.82, 2.24) is 15.0 Å². The first-order valence-electron chi connectivity index (χ1n) is 4.20. The van der Waals surface area contributed by atoms with Crippen molar-refractivity contribution in [1.29, 1.82) is 0 Å². The predicted molar refractivity (Wildman–Crippen MR) is 54.1 cm³/mol. The van der Waals surface area contributed by atoms with Gasteiger partial charge in [0.2, 0.25) is 0 Å². The van der Waals surface area contributed by atoms with Crippen LogP contribution in [0.5, 0.6) is 0 Å². The summed E-state index contributed by atoms with van der Waals surface area (Å²) >= 11 is 5.93. The minimum absolute atomic E-state index is 0.355. The van der Waals surface area contributed by atoms with E-state index in [0.717, 1.165) is 0 Å². The van der Waals surface area contributed by atoms with E-state index in [4.69, 9.17) is 11.6 Å². The fourth-order valence-corrected chi connectivity index (χ4v) is 1.64. The molecule has 2 aromatic rings. The topological polar surface area (TPSA) is 61.8 Å². The number of aliphatic hydroxyl groups is 1. The number of H-pyrrole nitrogens is 1. The molecular formula is C9H10ClN3O. The van der Waals surface area contributed by atoms with Crippen molar-refractivity contribution in [3.05, 3.63) is 23.2 Å². The molecule has 14 heavy (non-hydrogen) atoms. The summed E-state index contributed by atoms with van der Waals surface area (Å²) in [5, 5.41) is 10.9. The fraction of sp³-hybridized carbons (Fsp3) is 0.333. The van der Waals surface area contributed by atoms with E-state index in [2.05, 4.69) is 15.0 Å². The summed E-state index contributed by atoms with van der Waals surface area (Å²) in [4.78, 5) is 10.8. The van der Waals surface area contributed by atoms with Gasteiger partial charge in [-0.3, -0.25) is 0 Å². The highest BCUT2D eigenvalue weighted by Gasteiger charge is 2.22. The maximum atomic E-state index is 9.87. The van der Waals surface area contributed by atoms with Crippen LogP contribution in [0.25, 0.3) is 11.0 Å². The van der Waals surface area contributed by atoms with Crippen molar-refractivity contribution in [2.75, 3.05) is 0 Å². The molecule has 0 fully saturated rings. The molecule has 0 amide bonds. The molecule has 0 atom stereocenters. The van der Waals surface area contributed by atoms with Gasteiger partial charge in [-0.2, -0.15) is 0 Å². The van der Waals surface area contributed by atoms with Gasteiger partial charge in [0.25, 0.3) is 0 Å². The first-order valence-corrected chi connectivity index (χ1v) is 4.58. The molecule has 74 valence electrons. The van der Waals surface area contributed by atoms with Gasteiger partial charge in [0, 0.05) is 11.8 Å². The number of hydrogen-bond donors (Lipinski definition) is 2. The van der Waals surface area contributed by atoms with E-state index in [1.165, 1.54) is 6.33 Å². The molecule has 5 heteroatoms. The molecule has 0 aliphatic heterocycles. The average Bonchev–Trinajstić information content (AvgIpc) is 2.47. The summed E-state index contributed by atoms with van der Waals surface area (Å²) in [5.41, 5.74) is 0.396. The SMILES string of the molecule is CC(C)(O)c1c[nH]c2ncnc(Cl)c12. The Bertz CT molecular complexity index is 472. The summed E-state index contributed by atoms with van der Waals surface area (Å²) in [6, 6.07) is 0. The third-order valence-electron chi connectivity index (χ3n) is 2.08. The van der Waals surface area contributed by atoms with Crippen LogP contribution >= 0.6 is 11.6 Å². The van der Waals surface area contributed by atoms with Gasteiger partial charge in [-0.25, -0.2) is 9.97 Å². The third-order valence-corrected chi connectivity index (χ3v) is 2.37. The van der Waals surface area contributed by atoms with Crippen molar-refractivity contribution >= 4 is 22.6 Å². The summed E-state index contributed by atoms with van der Waals surface area (Å²) in [6.07, 6.45) is 3.08. The molecule has 0 aromatic carbocycles. The molecule has 2 heterocycles. The Kier molecular flexibility index (Phi) is 1.97. The molecule has 2 aromatic heterocycles. The lowest BCUT2D eigenvalue weighted by Gasteiger charge is -2.15. The zero-order valence-corrected chi connectivity index (χ0v) is 8.63. The van der Waals surface area contributed by atoms with E-state index in [-0.39, 0.29) is 0 Å². The zero-order chi connectivity index (χ0) is 10.3. The second kappa shape index (κ2) is 2.93. The molecule has 2 rings (SSSR count). The monoisotopic (exact) mass is 211 g/mol. The summed E-state index contributed by atoms with van der Waals surface area (Å²) in [5.74, 6) is 0. The van der Waals surface area contributed by atoms with E-state index in [0.29, 0.717) is 21.7 Å². The normalized spacial score (nSPS) is 12.3. The first-order chi connectivity index (χ1) is 6.50. The highest BCUT2D eigenvalue weighted by atomic mass is 35.5.